The number of amides is 1. The minimum absolute atomic E-state index is 0. The van der Waals surface area contributed by atoms with E-state index in [-0.39, 0.29) is 43.1 Å². The highest BCUT2D eigenvalue weighted by molar-refractivity contribution is 7.09. The fourth-order valence-corrected chi connectivity index (χ4v) is 3.51. The summed E-state index contributed by atoms with van der Waals surface area (Å²) in [7, 11) is 0. The topological polar surface area (TPSA) is 74.5 Å². The number of carbonyl (C=O) groups excluding carboxylic acids is 1. The lowest BCUT2D eigenvalue weighted by Gasteiger charge is -2.36. The Morgan fingerprint density at radius 2 is 1.85 bits per heavy atom. The second-order valence-electron chi connectivity index (χ2n) is 5.72. The maximum atomic E-state index is 12.4. The zero-order chi connectivity index (χ0) is 16.9. The van der Waals surface area contributed by atoms with Gasteiger partial charge in [-0.05, 0) is 18.7 Å². The summed E-state index contributed by atoms with van der Waals surface area (Å²) in [6, 6.07) is 7.94. The molecule has 0 aliphatic carbocycles. The molecule has 1 aliphatic rings. The third-order valence-electron chi connectivity index (χ3n) is 4.27. The SMILES string of the molecule is CCN1CCN(c2ccccc2NC(=O)c2csc(CN)n2)CC1.Cl.Cl.Cl. The minimum atomic E-state index is -0.189. The van der Waals surface area contributed by atoms with Crippen LogP contribution in [0.1, 0.15) is 22.4 Å². The van der Waals surface area contributed by atoms with Crippen LogP contribution < -0.4 is 16.0 Å². The first-order valence-electron chi connectivity index (χ1n) is 8.23. The van der Waals surface area contributed by atoms with E-state index in [0.29, 0.717) is 12.2 Å². The number of benzene rings is 1. The molecular formula is C17H26Cl3N5OS. The Bertz CT molecular complexity index is 707. The van der Waals surface area contributed by atoms with Crippen molar-refractivity contribution in [3.8, 4) is 0 Å². The Balaban J connectivity index is 0.00000225. The van der Waals surface area contributed by atoms with Crippen LogP contribution in [0.15, 0.2) is 29.6 Å². The summed E-state index contributed by atoms with van der Waals surface area (Å²) in [5.41, 5.74) is 7.88. The highest BCUT2D eigenvalue weighted by Gasteiger charge is 2.19. The van der Waals surface area contributed by atoms with Crippen LogP contribution >= 0.6 is 48.6 Å². The van der Waals surface area contributed by atoms with Gasteiger partial charge < -0.3 is 20.9 Å². The van der Waals surface area contributed by atoms with Gasteiger partial charge in [-0.2, -0.15) is 0 Å². The first kappa shape index (κ1) is 25.9. The van der Waals surface area contributed by atoms with Crippen LogP contribution in [0.3, 0.4) is 0 Å². The molecule has 1 aliphatic heterocycles. The van der Waals surface area contributed by atoms with E-state index in [1.165, 1.54) is 11.3 Å². The van der Waals surface area contributed by atoms with Crippen LogP contribution in [0.4, 0.5) is 11.4 Å². The number of anilines is 2. The van der Waals surface area contributed by atoms with Crippen molar-refractivity contribution in [3.63, 3.8) is 0 Å². The van der Waals surface area contributed by atoms with Gasteiger partial charge in [0, 0.05) is 38.1 Å². The van der Waals surface area contributed by atoms with Crippen LogP contribution in [0.5, 0.6) is 0 Å². The molecule has 0 spiro atoms. The molecule has 3 N–H and O–H groups in total. The number of hydrogen-bond donors (Lipinski definition) is 2. The molecule has 6 nitrogen and oxygen atoms in total. The van der Waals surface area contributed by atoms with Crippen molar-refractivity contribution in [2.75, 3.05) is 42.9 Å². The van der Waals surface area contributed by atoms with Gasteiger partial charge in [0.2, 0.25) is 0 Å². The van der Waals surface area contributed by atoms with E-state index in [0.717, 1.165) is 49.1 Å². The molecule has 2 heterocycles. The number of aromatic nitrogens is 1. The lowest BCUT2D eigenvalue weighted by molar-refractivity contribution is 0.102. The monoisotopic (exact) mass is 453 g/mol. The zero-order valence-corrected chi connectivity index (χ0v) is 18.4. The molecule has 27 heavy (non-hydrogen) atoms. The van der Waals surface area contributed by atoms with Gasteiger partial charge in [-0.1, -0.05) is 19.1 Å². The number of rotatable bonds is 5. The summed E-state index contributed by atoms with van der Waals surface area (Å²) in [6.07, 6.45) is 0. The highest BCUT2D eigenvalue weighted by Crippen LogP contribution is 2.27. The number of likely N-dealkylation sites (N-methyl/N-ethyl adjacent to an activating group) is 1. The molecule has 152 valence electrons. The average molecular weight is 455 g/mol. The summed E-state index contributed by atoms with van der Waals surface area (Å²) >= 11 is 1.41. The second-order valence-corrected chi connectivity index (χ2v) is 6.67. The van der Waals surface area contributed by atoms with Crippen molar-refractivity contribution in [2.24, 2.45) is 5.73 Å². The van der Waals surface area contributed by atoms with Gasteiger partial charge in [0.1, 0.15) is 10.7 Å². The van der Waals surface area contributed by atoms with Crippen LogP contribution in [-0.2, 0) is 6.54 Å². The van der Waals surface area contributed by atoms with Gasteiger partial charge in [0.05, 0.1) is 11.4 Å². The van der Waals surface area contributed by atoms with Crippen LogP contribution in [0.25, 0.3) is 0 Å². The van der Waals surface area contributed by atoms with Crippen molar-refractivity contribution in [1.29, 1.82) is 0 Å². The minimum Gasteiger partial charge on any atom is -0.367 e. The van der Waals surface area contributed by atoms with Crippen LogP contribution in [0, 0.1) is 0 Å². The number of nitrogens with zero attached hydrogens (tertiary/aromatic N) is 3. The Hall–Kier alpha value is -1.09. The molecule has 3 rings (SSSR count). The van der Waals surface area contributed by atoms with Gasteiger partial charge in [-0.3, -0.25) is 4.79 Å². The van der Waals surface area contributed by atoms with Gasteiger partial charge >= 0.3 is 0 Å². The van der Waals surface area contributed by atoms with E-state index in [1.807, 2.05) is 18.2 Å². The predicted octanol–water partition coefficient (Wildman–Crippen LogP) is 3.26. The lowest BCUT2D eigenvalue weighted by atomic mass is 10.2. The first-order chi connectivity index (χ1) is 11.7. The molecule has 1 aromatic carbocycles. The van der Waals surface area contributed by atoms with E-state index in [2.05, 4.69) is 33.1 Å². The number of carbonyl (C=O) groups is 1. The fourth-order valence-electron chi connectivity index (χ4n) is 2.86. The van der Waals surface area contributed by atoms with E-state index < -0.39 is 0 Å². The van der Waals surface area contributed by atoms with Crippen LogP contribution in [0.2, 0.25) is 0 Å². The number of nitrogens with one attached hydrogen (secondary N) is 1. The summed E-state index contributed by atoms with van der Waals surface area (Å²) in [5, 5.41) is 5.51. The average Bonchev–Trinajstić information content (AvgIpc) is 3.12. The summed E-state index contributed by atoms with van der Waals surface area (Å²) in [4.78, 5) is 21.5. The molecule has 0 bridgehead atoms. The van der Waals surface area contributed by atoms with Crippen molar-refractivity contribution in [3.05, 3.63) is 40.3 Å². The maximum absolute atomic E-state index is 12.4. The van der Waals surface area contributed by atoms with Gasteiger partial charge in [0.15, 0.2) is 0 Å². The predicted molar refractivity (Wildman–Crippen MR) is 120 cm³/mol. The summed E-state index contributed by atoms with van der Waals surface area (Å²) < 4.78 is 0. The molecule has 0 unspecified atom stereocenters. The number of hydrogen-bond acceptors (Lipinski definition) is 6. The molecule has 1 fully saturated rings. The molecular weight excluding hydrogens is 429 g/mol. The Kier molecular flexibility index (Phi) is 11.9. The zero-order valence-electron chi connectivity index (χ0n) is 15.1. The number of thiazole rings is 1. The molecule has 0 radical (unpaired) electrons. The number of halogens is 3. The third-order valence-corrected chi connectivity index (χ3v) is 5.14. The quantitative estimate of drug-likeness (QED) is 0.725. The Morgan fingerprint density at radius 3 is 2.44 bits per heavy atom. The van der Waals surface area contributed by atoms with Crippen LogP contribution in [-0.4, -0.2) is 48.5 Å². The standard InChI is InChI=1S/C17H23N5OS.3ClH/c1-2-21-7-9-22(10-8-21)15-6-4-3-5-13(15)20-17(23)14-12-24-16(11-18)19-14;;;/h3-6,12H,2,7-11,18H2,1H3,(H,20,23);3*1H. The molecule has 2 aromatic rings. The summed E-state index contributed by atoms with van der Waals surface area (Å²) in [6.45, 7) is 7.65. The molecule has 1 amide bonds. The smallest absolute Gasteiger partial charge is 0.275 e. The largest absolute Gasteiger partial charge is 0.367 e. The maximum Gasteiger partial charge on any atom is 0.275 e. The lowest BCUT2D eigenvalue weighted by Crippen LogP contribution is -2.46. The second kappa shape index (κ2) is 12.4. The van der Waals surface area contributed by atoms with Crippen molar-refractivity contribution < 1.29 is 4.79 Å². The molecule has 0 atom stereocenters. The van der Waals surface area contributed by atoms with Gasteiger partial charge in [-0.25, -0.2) is 4.98 Å². The van der Waals surface area contributed by atoms with Gasteiger partial charge in [0.25, 0.3) is 5.91 Å². The number of piperazine rings is 1. The van der Waals surface area contributed by atoms with E-state index in [4.69, 9.17) is 5.73 Å². The summed E-state index contributed by atoms with van der Waals surface area (Å²) in [5.74, 6) is -0.189. The fraction of sp³-hybridized carbons (Fsp3) is 0.412. The van der Waals surface area contributed by atoms with Crippen molar-refractivity contribution >= 4 is 65.8 Å². The molecule has 1 saturated heterocycles. The highest BCUT2D eigenvalue weighted by atomic mass is 35.5. The third kappa shape index (κ3) is 6.48. The molecule has 10 heteroatoms. The van der Waals surface area contributed by atoms with E-state index in [1.54, 1.807) is 5.38 Å². The van der Waals surface area contributed by atoms with Gasteiger partial charge in [-0.15, -0.1) is 48.6 Å². The molecule has 1 aromatic heterocycles. The van der Waals surface area contributed by atoms with E-state index in [9.17, 15) is 4.79 Å². The normalized spacial score (nSPS) is 13.8. The Morgan fingerprint density at radius 1 is 1.19 bits per heavy atom. The van der Waals surface area contributed by atoms with E-state index >= 15 is 0 Å². The van der Waals surface area contributed by atoms with Crippen molar-refractivity contribution in [2.45, 2.75) is 13.5 Å². The first-order valence-corrected chi connectivity index (χ1v) is 9.11. The number of nitrogens with two attached hydrogens (primary N) is 1. The molecule has 0 saturated carbocycles. The van der Waals surface area contributed by atoms with Crippen molar-refractivity contribution in [1.82, 2.24) is 9.88 Å². The Labute approximate surface area is 182 Å². The number of para-hydroxylation sites is 2.